The number of aromatic nitrogens is 1. The summed E-state index contributed by atoms with van der Waals surface area (Å²) >= 11 is 0. The molecule has 3 aromatic carbocycles. The smallest absolute Gasteiger partial charge is 0.187 e. The molecule has 4 rings (SSSR count). The van der Waals surface area contributed by atoms with Gasteiger partial charge in [0.15, 0.2) is 5.78 Å². The predicted molar refractivity (Wildman–Crippen MR) is 120 cm³/mol. The van der Waals surface area contributed by atoms with Crippen LogP contribution in [0.15, 0.2) is 79.0 Å². The van der Waals surface area contributed by atoms with E-state index in [0.717, 1.165) is 18.0 Å². The van der Waals surface area contributed by atoms with Crippen LogP contribution in [-0.4, -0.2) is 17.0 Å². The van der Waals surface area contributed by atoms with E-state index >= 15 is 0 Å². The Morgan fingerprint density at radius 1 is 0.966 bits per heavy atom. The molecule has 0 saturated heterocycles. The number of aryl methyl sites for hydroxylation is 1. The number of ether oxygens (including phenoxy) is 1. The minimum absolute atomic E-state index is 0.0517. The van der Waals surface area contributed by atoms with E-state index in [1.165, 1.54) is 21.8 Å². The number of anilines is 1. The second-order valence-electron chi connectivity index (χ2n) is 6.79. The molecule has 0 aliphatic rings. The van der Waals surface area contributed by atoms with Crippen molar-refractivity contribution in [2.24, 2.45) is 0 Å². The van der Waals surface area contributed by atoms with E-state index < -0.39 is 0 Å². The number of benzene rings is 3. The number of nitrogens with zero attached hydrogens (tertiary/aromatic N) is 1. The Labute approximate surface area is 170 Å². The summed E-state index contributed by atoms with van der Waals surface area (Å²) in [6.45, 7) is 5.63. The minimum atomic E-state index is -0.0517. The second-order valence-corrected chi connectivity index (χ2v) is 6.79. The molecule has 0 spiro atoms. The number of ketones is 1. The summed E-state index contributed by atoms with van der Waals surface area (Å²) in [5.41, 5.74) is 4.04. The third-order valence-electron chi connectivity index (χ3n) is 5.02. The lowest BCUT2D eigenvalue weighted by molar-refractivity contribution is 0.104. The zero-order valence-corrected chi connectivity index (χ0v) is 16.7. The highest BCUT2D eigenvalue weighted by molar-refractivity contribution is 6.09. The molecule has 29 heavy (non-hydrogen) atoms. The highest BCUT2D eigenvalue weighted by Crippen LogP contribution is 2.30. The fourth-order valence-electron chi connectivity index (χ4n) is 3.68. The van der Waals surface area contributed by atoms with Gasteiger partial charge in [-0.3, -0.25) is 4.79 Å². The molecular formula is C25H24N2O2. The van der Waals surface area contributed by atoms with Gasteiger partial charge >= 0.3 is 0 Å². The minimum Gasteiger partial charge on any atom is -0.494 e. The number of hydrogen-bond donors (Lipinski definition) is 1. The number of nitrogens with one attached hydrogen (secondary N) is 1. The summed E-state index contributed by atoms with van der Waals surface area (Å²) < 4.78 is 7.73. The standard InChI is InChI=1S/C25H24N2O2/c1-3-27-23-8-6-5-7-21(23)22-17-19(11-14-24(22)27)26-16-15-25(28)18-9-12-20(13-10-18)29-4-2/h5-17,26H,3-4H2,1-2H3/b16-15+. The van der Waals surface area contributed by atoms with Crippen LogP contribution in [0.2, 0.25) is 0 Å². The highest BCUT2D eigenvalue weighted by atomic mass is 16.5. The van der Waals surface area contributed by atoms with Crippen LogP contribution in [0, 0.1) is 0 Å². The van der Waals surface area contributed by atoms with Crippen molar-refractivity contribution in [2.75, 3.05) is 11.9 Å². The van der Waals surface area contributed by atoms with Crippen LogP contribution in [0.3, 0.4) is 0 Å². The first-order valence-electron chi connectivity index (χ1n) is 9.92. The van der Waals surface area contributed by atoms with Crippen LogP contribution in [0.25, 0.3) is 21.8 Å². The van der Waals surface area contributed by atoms with E-state index in [-0.39, 0.29) is 5.78 Å². The molecular weight excluding hydrogens is 360 g/mol. The van der Waals surface area contributed by atoms with Gasteiger partial charge in [-0.1, -0.05) is 18.2 Å². The molecule has 146 valence electrons. The van der Waals surface area contributed by atoms with Crippen molar-refractivity contribution in [2.45, 2.75) is 20.4 Å². The van der Waals surface area contributed by atoms with E-state index in [9.17, 15) is 4.79 Å². The number of rotatable bonds is 7. The van der Waals surface area contributed by atoms with Gasteiger partial charge in [-0.2, -0.15) is 0 Å². The molecule has 1 aromatic heterocycles. The van der Waals surface area contributed by atoms with Gasteiger partial charge in [-0.25, -0.2) is 0 Å². The van der Waals surface area contributed by atoms with Crippen molar-refractivity contribution in [1.82, 2.24) is 4.57 Å². The molecule has 0 atom stereocenters. The first kappa shape index (κ1) is 18.8. The van der Waals surface area contributed by atoms with Gasteiger partial charge in [0.05, 0.1) is 6.61 Å². The van der Waals surface area contributed by atoms with Crippen molar-refractivity contribution in [3.05, 3.63) is 84.6 Å². The molecule has 0 fully saturated rings. The van der Waals surface area contributed by atoms with E-state index in [0.29, 0.717) is 12.2 Å². The predicted octanol–water partition coefficient (Wildman–Crippen LogP) is 6.02. The summed E-state index contributed by atoms with van der Waals surface area (Å²) in [7, 11) is 0. The van der Waals surface area contributed by atoms with E-state index in [4.69, 9.17) is 4.74 Å². The van der Waals surface area contributed by atoms with E-state index in [1.807, 2.05) is 25.1 Å². The normalized spacial score (nSPS) is 11.4. The molecule has 1 heterocycles. The molecule has 4 aromatic rings. The Morgan fingerprint density at radius 2 is 1.72 bits per heavy atom. The molecule has 0 saturated carbocycles. The quantitative estimate of drug-likeness (QED) is 0.313. The summed E-state index contributed by atoms with van der Waals surface area (Å²) in [4.78, 5) is 12.4. The van der Waals surface area contributed by atoms with Crippen molar-refractivity contribution in [3.63, 3.8) is 0 Å². The average Bonchev–Trinajstić information content (AvgIpc) is 3.07. The lowest BCUT2D eigenvalue weighted by Crippen LogP contribution is -1.97. The first-order chi connectivity index (χ1) is 14.2. The molecule has 0 aliphatic heterocycles. The molecule has 4 heteroatoms. The molecule has 0 aliphatic carbocycles. The topological polar surface area (TPSA) is 43.3 Å². The number of allylic oxidation sites excluding steroid dienone is 1. The largest absolute Gasteiger partial charge is 0.494 e. The van der Waals surface area contributed by atoms with Gasteiger partial charge in [-0.05, 0) is 62.4 Å². The van der Waals surface area contributed by atoms with Crippen LogP contribution in [0.1, 0.15) is 24.2 Å². The van der Waals surface area contributed by atoms with Gasteiger partial charge in [-0.15, -0.1) is 0 Å². The van der Waals surface area contributed by atoms with Gasteiger partial charge in [0.25, 0.3) is 0 Å². The number of carbonyl (C=O) groups excluding carboxylic acids is 1. The van der Waals surface area contributed by atoms with Crippen LogP contribution < -0.4 is 10.1 Å². The third-order valence-corrected chi connectivity index (χ3v) is 5.02. The van der Waals surface area contributed by atoms with Crippen LogP contribution in [0.5, 0.6) is 5.75 Å². The maximum absolute atomic E-state index is 12.4. The lowest BCUT2D eigenvalue weighted by Gasteiger charge is -2.05. The van der Waals surface area contributed by atoms with Crippen molar-refractivity contribution >= 4 is 33.3 Å². The van der Waals surface area contributed by atoms with Gasteiger partial charge in [0, 0.05) is 51.9 Å². The Hall–Kier alpha value is -3.53. The fraction of sp³-hybridized carbons (Fsp3) is 0.160. The molecule has 0 unspecified atom stereocenters. The Morgan fingerprint density at radius 3 is 2.48 bits per heavy atom. The summed E-state index contributed by atoms with van der Waals surface area (Å²) in [5, 5.41) is 5.67. The second kappa shape index (κ2) is 8.23. The summed E-state index contributed by atoms with van der Waals surface area (Å²) in [5.74, 6) is 0.718. The molecule has 4 nitrogen and oxygen atoms in total. The van der Waals surface area contributed by atoms with Crippen LogP contribution in [-0.2, 0) is 6.54 Å². The summed E-state index contributed by atoms with van der Waals surface area (Å²) in [6.07, 6.45) is 3.24. The molecule has 0 bridgehead atoms. The lowest BCUT2D eigenvalue weighted by atomic mass is 10.1. The Balaban J connectivity index is 1.53. The van der Waals surface area contributed by atoms with Crippen molar-refractivity contribution in [3.8, 4) is 5.75 Å². The van der Waals surface area contributed by atoms with Crippen molar-refractivity contribution < 1.29 is 9.53 Å². The maximum atomic E-state index is 12.4. The number of para-hydroxylation sites is 1. The summed E-state index contributed by atoms with van der Waals surface area (Å²) in [6, 6.07) is 21.9. The molecule has 0 radical (unpaired) electrons. The number of hydrogen-bond acceptors (Lipinski definition) is 3. The van der Waals surface area contributed by atoms with Gasteiger partial charge in [0.1, 0.15) is 5.75 Å². The van der Waals surface area contributed by atoms with Gasteiger partial charge in [0.2, 0.25) is 0 Å². The highest BCUT2D eigenvalue weighted by Gasteiger charge is 2.09. The van der Waals surface area contributed by atoms with Crippen LogP contribution in [0.4, 0.5) is 5.69 Å². The number of carbonyl (C=O) groups is 1. The van der Waals surface area contributed by atoms with Gasteiger partial charge < -0.3 is 14.6 Å². The Kier molecular flexibility index (Phi) is 5.34. The maximum Gasteiger partial charge on any atom is 0.187 e. The molecule has 0 amide bonds. The number of fused-ring (bicyclic) bond motifs is 3. The van der Waals surface area contributed by atoms with Crippen LogP contribution >= 0.6 is 0 Å². The Bertz CT molecular complexity index is 1190. The fourth-order valence-corrected chi connectivity index (χ4v) is 3.68. The average molecular weight is 384 g/mol. The van der Waals surface area contributed by atoms with E-state index in [1.54, 1.807) is 24.4 Å². The third kappa shape index (κ3) is 3.74. The van der Waals surface area contributed by atoms with Crippen molar-refractivity contribution in [1.29, 1.82) is 0 Å². The monoisotopic (exact) mass is 384 g/mol. The zero-order valence-electron chi connectivity index (χ0n) is 16.7. The van der Waals surface area contributed by atoms with E-state index in [2.05, 4.69) is 53.2 Å². The first-order valence-corrected chi connectivity index (χ1v) is 9.92. The molecule has 1 N–H and O–H groups in total. The zero-order chi connectivity index (χ0) is 20.2. The SMILES string of the molecule is CCOc1ccc(C(=O)/C=C/Nc2ccc3c(c2)c2ccccc2n3CC)cc1.